The number of nitrogens with zero attached hydrogens (tertiary/aromatic N) is 1. The van der Waals surface area contributed by atoms with E-state index in [2.05, 4.69) is 55.4 Å². The fourth-order valence-corrected chi connectivity index (χ4v) is 19.3. The number of benzene rings is 2. The fraction of sp³-hybridized carbons (Fsp3) is 0.600. The van der Waals surface area contributed by atoms with Crippen molar-refractivity contribution in [2.24, 2.45) is 0 Å². The normalized spacial score (nSPS) is 32.3. The number of ether oxygens (including phenoxy) is 2. The minimum absolute atomic E-state index is 0.00686. The number of rotatable bonds is 10. The van der Waals surface area contributed by atoms with Gasteiger partial charge >= 0.3 is 23.1 Å². The molecule has 1 saturated carbocycles. The SMILES string of the molecule is CC(C)[Si]1(C(C)C)OC2C(O[Si](C(C)C)(C(C)C)O1)C1(CC(=O)N1OCc1ccccc1)C1OC1C2(O)COC(=O)c1ccccc1. The van der Waals surface area contributed by atoms with Gasteiger partial charge in [-0.05, 0) is 39.9 Å². The molecule has 1 amide bonds. The lowest BCUT2D eigenvalue weighted by molar-refractivity contribution is -0.302. The second-order valence-corrected chi connectivity index (χ2v) is 23.6. The number of esters is 1. The Morgan fingerprint density at radius 1 is 0.830 bits per heavy atom. The zero-order valence-electron chi connectivity index (χ0n) is 28.7. The van der Waals surface area contributed by atoms with E-state index in [-0.39, 0.29) is 47.7 Å². The lowest BCUT2D eigenvalue weighted by atomic mass is 9.65. The molecule has 256 valence electrons. The molecule has 12 heteroatoms. The summed E-state index contributed by atoms with van der Waals surface area (Å²) in [4.78, 5) is 33.0. The second kappa shape index (κ2) is 12.5. The highest BCUT2D eigenvalue weighted by Gasteiger charge is 2.83. The average molecular weight is 684 g/mol. The number of β-lactam (4-membered cyclic amide) rings is 1. The maximum absolute atomic E-state index is 13.5. The lowest BCUT2D eigenvalue weighted by Crippen LogP contribution is -2.81. The van der Waals surface area contributed by atoms with E-state index in [0.29, 0.717) is 5.56 Å². The maximum Gasteiger partial charge on any atom is 0.338 e. The Hall–Kier alpha value is -2.43. The summed E-state index contributed by atoms with van der Waals surface area (Å²) in [6, 6.07) is 18.3. The van der Waals surface area contributed by atoms with Crippen molar-refractivity contribution in [3.63, 3.8) is 0 Å². The first-order valence-electron chi connectivity index (χ1n) is 16.9. The van der Waals surface area contributed by atoms with Gasteiger partial charge in [-0.2, -0.15) is 0 Å². The van der Waals surface area contributed by atoms with Gasteiger partial charge in [-0.25, -0.2) is 9.86 Å². The van der Waals surface area contributed by atoms with E-state index < -0.39 is 58.6 Å². The zero-order valence-corrected chi connectivity index (χ0v) is 30.7. The third-order valence-electron chi connectivity index (χ3n) is 10.6. The molecule has 4 fully saturated rings. The largest absolute Gasteiger partial charge is 0.459 e. The summed E-state index contributed by atoms with van der Waals surface area (Å²) >= 11 is 0. The third-order valence-corrected chi connectivity index (χ3v) is 20.8. The second-order valence-electron chi connectivity index (χ2n) is 14.8. The predicted octanol–water partition coefficient (Wildman–Crippen LogP) is 5.78. The molecule has 3 aliphatic heterocycles. The number of fused-ring (bicyclic) bond motifs is 4. The van der Waals surface area contributed by atoms with Crippen molar-refractivity contribution in [1.29, 1.82) is 0 Å². The van der Waals surface area contributed by atoms with Crippen LogP contribution in [0.2, 0.25) is 22.2 Å². The van der Waals surface area contributed by atoms with E-state index in [4.69, 9.17) is 27.3 Å². The summed E-state index contributed by atoms with van der Waals surface area (Å²) < 4.78 is 34.4. The molecule has 3 saturated heterocycles. The number of aliphatic hydroxyl groups is 1. The van der Waals surface area contributed by atoms with Crippen LogP contribution in [-0.2, 0) is 38.7 Å². The van der Waals surface area contributed by atoms with Crippen LogP contribution in [0.15, 0.2) is 60.7 Å². The van der Waals surface area contributed by atoms with Crippen LogP contribution >= 0.6 is 0 Å². The van der Waals surface area contributed by atoms with Crippen LogP contribution in [0.25, 0.3) is 0 Å². The quantitative estimate of drug-likeness (QED) is 0.144. The van der Waals surface area contributed by atoms with Gasteiger partial charge < -0.3 is 27.5 Å². The van der Waals surface area contributed by atoms with E-state index >= 15 is 0 Å². The monoisotopic (exact) mass is 683 g/mol. The van der Waals surface area contributed by atoms with Crippen LogP contribution < -0.4 is 0 Å². The number of carbonyl (C=O) groups is 2. The molecule has 1 spiro atoms. The molecule has 1 aliphatic carbocycles. The van der Waals surface area contributed by atoms with Crippen LogP contribution in [0.1, 0.15) is 77.7 Å². The minimum atomic E-state index is -3.20. The van der Waals surface area contributed by atoms with Crippen molar-refractivity contribution < 1.29 is 42.0 Å². The first-order chi connectivity index (χ1) is 22.2. The van der Waals surface area contributed by atoms with Gasteiger partial charge in [0.2, 0.25) is 5.91 Å². The summed E-state index contributed by atoms with van der Waals surface area (Å²) in [5, 5.41) is 14.2. The van der Waals surface area contributed by atoms with Gasteiger partial charge in [-0.15, -0.1) is 0 Å². The lowest BCUT2D eigenvalue weighted by Gasteiger charge is -2.59. The molecule has 0 aromatic heterocycles. The molecule has 3 heterocycles. The molecule has 2 aromatic rings. The molecular formula is C35H49NO9Si2. The molecule has 47 heavy (non-hydrogen) atoms. The van der Waals surface area contributed by atoms with Crippen LogP contribution in [0, 0.1) is 0 Å². The van der Waals surface area contributed by atoms with E-state index in [9.17, 15) is 14.7 Å². The first-order valence-corrected chi connectivity index (χ1v) is 20.8. The van der Waals surface area contributed by atoms with Gasteiger partial charge in [0.1, 0.15) is 43.2 Å². The Kier molecular flexibility index (Phi) is 9.14. The Morgan fingerprint density at radius 3 is 1.89 bits per heavy atom. The van der Waals surface area contributed by atoms with E-state index in [1.807, 2.05) is 36.4 Å². The molecule has 1 N–H and O–H groups in total. The molecule has 0 radical (unpaired) electrons. The molecule has 6 atom stereocenters. The summed E-state index contributed by atoms with van der Waals surface area (Å²) in [5.41, 5.74) is -1.55. The molecule has 10 nitrogen and oxygen atoms in total. The van der Waals surface area contributed by atoms with Crippen LogP contribution in [-0.4, -0.2) is 81.3 Å². The van der Waals surface area contributed by atoms with Gasteiger partial charge in [-0.1, -0.05) is 104 Å². The first kappa shape index (κ1) is 34.4. The highest BCUT2D eigenvalue weighted by molar-refractivity contribution is 6.84. The van der Waals surface area contributed by atoms with E-state index in [1.165, 1.54) is 5.06 Å². The topological polar surface area (TPSA) is 116 Å². The Bertz CT molecular complexity index is 1440. The highest BCUT2D eigenvalue weighted by Crippen LogP contribution is 2.62. The number of carbonyl (C=O) groups excluding carboxylic acids is 2. The summed E-state index contributed by atoms with van der Waals surface area (Å²) in [7, 11) is -6.37. The van der Waals surface area contributed by atoms with Gasteiger partial charge in [0.25, 0.3) is 0 Å². The predicted molar refractivity (Wildman–Crippen MR) is 178 cm³/mol. The highest BCUT2D eigenvalue weighted by atomic mass is 28.5. The Morgan fingerprint density at radius 2 is 1.36 bits per heavy atom. The fourth-order valence-electron chi connectivity index (χ4n) is 7.96. The average Bonchev–Trinajstić information content (AvgIpc) is 3.86. The Balaban J connectivity index is 1.46. The van der Waals surface area contributed by atoms with Crippen LogP contribution in [0.3, 0.4) is 0 Å². The van der Waals surface area contributed by atoms with Crippen molar-refractivity contribution in [3.05, 3.63) is 71.8 Å². The zero-order chi connectivity index (χ0) is 33.9. The minimum Gasteiger partial charge on any atom is -0.459 e. The van der Waals surface area contributed by atoms with Crippen molar-refractivity contribution in [2.45, 2.75) is 126 Å². The molecule has 2 aromatic carbocycles. The van der Waals surface area contributed by atoms with Crippen molar-refractivity contribution in [3.8, 4) is 0 Å². The van der Waals surface area contributed by atoms with Gasteiger partial charge in [0.05, 0.1) is 12.0 Å². The molecular weight excluding hydrogens is 635 g/mol. The van der Waals surface area contributed by atoms with E-state index in [0.717, 1.165) is 5.56 Å². The molecule has 6 unspecified atom stereocenters. The summed E-state index contributed by atoms with van der Waals surface area (Å²) in [6.07, 6.45) is -3.21. The van der Waals surface area contributed by atoms with Crippen molar-refractivity contribution >= 4 is 29.0 Å². The number of hydroxylamine groups is 2. The number of hydrogen-bond acceptors (Lipinski definition) is 9. The number of hydrogen-bond donors (Lipinski definition) is 1. The number of amides is 1. The van der Waals surface area contributed by atoms with E-state index in [1.54, 1.807) is 24.3 Å². The molecule has 0 bridgehead atoms. The Labute approximate surface area is 280 Å². The van der Waals surface area contributed by atoms with Crippen LogP contribution in [0.4, 0.5) is 0 Å². The maximum atomic E-state index is 13.5. The van der Waals surface area contributed by atoms with Gasteiger partial charge in [0, 0.05) is 0 Å². The summed E-state index contributed by atoms with van der Waals surface area (Å²) in [6.45, 7) is 16.7. The van der Waals surface area contributed by atoms with Gasteiger partial charge in [-0.3, -0.25) is 9.63 Å². The smallest absolute Gasteiger partial charge is 0.338 e. The van der Waals surface area contributed by atoms with Crippen LogP contribution in [0.5, 0.6) is 0 Å². The van der Waals surface area contributed by atoms with Crippen molar-refractivity contribution in [1.82, 2.24) is 5.06 Å². The number of epoxide rings is 1. The van der Waals surface area contributed by atoms with Gasteiger partial charge in [0.15, 0.2) is 5.60 Å². The van der Waals surface area contributed by atoms with Crippen molar-refractivity contribution in [2.75, 3.05) is 6.61 Å². The molecule has 6 rings (SSSR count). The summed E-state index contributed by atoms with van der Waals surface area (Å²) in [5.74, 6) is -0.754. The molecule has 4 aliphatic rings. The third kappa shape index (κ3) is 5.45. The standard InChI is InChI=1S/C35H49NO9Si2/c1-22(2)46(23(3)4)43-30-32(44-47(45-46,24(5)6)25(7)8)35(39,21-40-33(38)27-17-13-10-14-18-27)31-29(42-31)34(30)19-28(37)36(34)41-20-26-15-11-9-12-16-26/h9-18,22-25,29-32,39H,19-21H2,1-8H3.